The first-order valence-electron chi connectivity index (χ1n) is 11.2. The summed E-state index contributed by atoms with van der Waals surface area (Å²) in [5, 5.41) is 18.0. The van der Waals surface area contributed by atoms with Gasteiger partial charge in [-0.25, -0.2) is 4.79 Å². The fourth-order valence-corrected chi connectivity index (χ4v) is 4.58. The summed E-state index contributed by atoms with van der Waals surface area (Å²) in [4.78, 5) is 52.0. The molecule has 0 saturated carbocycles. The van der Waals surface area contributed by atoms with Gasteiger partial charge >= 0.3 is 5.97 Å². The topological polar surface area (TPSA) is 128 Å². The zero-order valence-corrected chi connectivity index (χ0v) is 19.5. The highest BCUT2D eigenvalue weighted by Crippen LogP contribution is 2.21. The van der Waals surface area contributed by atoms with Gasteiger partial charge in [0.2, 0.25) is 17.7 Å². The third kappa shape index (κ3) is 6.83. The van der Waals surface area contributed by atoms with Gasteiger partial charge in [-0.3, -0.25) is 14.4 Å². The molecule has 176 valence electrons. The number of nitrogens with one attached hydrogen (secondary N) is 3. The van der Waals surface area contributed by atoms with Crippen LogP contribution < -0.4 is 16.0 Å². The van der Waals surface area contributed by atoms with E-state index in [1.165, 1.54) is 11.8 Å². The van der Waals surface area contributed by atoms with Crippen LogP contribution in [0.1, 0.15) is 52.4 Å². The van der Waals surface area contributed by atoms with E-state index in [9.17, 15) is 24.3 Å². The first kappa shape index (κ1) is 25.5. The van der Waals surface area contributed by atoms with Crippen LogP contribution in [0.2, 0.25) is 0 Å². The Bertz CT molecular complexity index is 656. The first-order valence-corrected chi connectivity index (χ1v) is 12.6. The summed E-state index contributed by atoms with van der Waals surface area (Å²) in [7, 11) is 0. The number of carbonyl (C=O) groups excluding carboxylic acids is 3. The number of carboxylic acid groups (broad SMARTS) is 1. The van der Waals surface area contributed by atoms with Gasteiger partial charge in [0, 0.05) is 6.54 Å². The van der Waals surface area contributed by atoms with Gasteiger partial charge < -0.3 is 26.0 Å². The molecule has 10 heteroatoms. The summed E-state index contributed by atoms with van der Waals surface area (Å²) in [5.41, 5.74) is 0. The fourth-order valence-electron chi connectivity index (χ4n) is 4.10. The lowest BCUT2D eigenvalue weighted by Gasteiger charge is -2.30. The molecule has 9 nitrogen and oxygen atoms in total. The smallest absolute Gasteiger partial charge is 0.326 e. The number of carboxylic acids is 1. The maximum Gasteiger partial charge on any atom is 0.326 e. The molecule has 2 saturated heterocycles. The van der Waals surface area contributed by atoms with Gasteiger partial charge in [0.1, 0.15) is 18.1 Å². The van der Waals surface area contributed by atoms with Crippen LogP contribution in [0.3, 0.4) is 0 Å². The molecular formula is C21H36N4O5S. The van der Waals surface area contributed by atoms with Gasteiger partial charge in [0.15, 0.2) is 0 Å². The number of amides is 3. The van der Waals surface area contributed by atoms with Crippen LogP contribution in [-0.2, 0) is 19.2 Å². The Morgan fingerprint density at radius 1 is 1.19 bits per heavy atom. The molecule has 2 heterocycles. The van der Waals surface area contributed by atoms with Crippen LogP contribution in [0.25, 0.3) is 0 Å². The second-order valence-corrected chi connectivity index (χ2v) is 9.38. The van der Waals surface area contributed by atoms with E-state index in [1.807, 2.05) is 20.1 Å². The van der Waals surface area contributed by atoms with Crippen molar-refractivity contribution in [3.63, 3.8) is 0 Å². The number of carbonyl (C=O) groups is 4. The van der Waals surface area contributed by atoms with Crippen LogP contribution in [0, 0.1) is 5.92 Å². The number of rotatable bonds is 11. The zero-order valence-electron chi connectivity index (χ0n) is 18.7. The molecular weight excluding hydrogens is 420 g/mol. The zero-order chi connectivity index (χ0) is 23.0. The largest absolute Gasteiger partial charge is 0.480 e. The van der Waals surface area contributed by atoms with Gasteiger partial charge in [-0.2, -0.15) is 11.8 Å². The second kappa shape index (κ2) is 12.3. The van der Waals surface area contributed by atoms with E-state index in [2.05, 4.69) is 16.0 Å². The Kier molecular flexibility index (Phi) is 10.1. The van der Waals surface area contributed by atoms with Crippen LogP contribution in [0.15, 0.2) is 0 Å². The van der Waals surface area contributed by atoms with Crippen molar-refractivity contribution in [2.75, 3.05) is 25.1 Å². The fraction of sp³-hybridized carbons (Fsp3) is 0.810. The number of hydrogen-bond acceptors (Lipinski definition) is 6. The van der Waals surface area contributed by atoms with Crippen molar-refractivity contribution >= 4 is 35.5 Å². The van der Waals surface area contributed by atoms with Crippen LogP contribution in [-0.4, -0.2) is 83.0 Å². The average molecular weight is 457 g/mol. The van der Waals surface area contributed by atoms with Crippen LogP contribution >= 0.6 is 11.8 Å². The van der Waals surface area contributed by atoms with E-state index in [1.54, 1.807) is 4.90 Å². The Balaban J connectivity index is 2.06. The molecule has 0 aromatic carbocycles. The van der Waals surface area contributed by atoms with Crippen molar-refractivity contribution in [1.29, 1.82) is 0 Å². The summed E-state index contributed by atoms with van der Waals surface area (Å²) < 4.78 is 0. The van der Waals surface area contributed by atoms with Gasteiger partial charge in [0.05, 0.1) is 6.04 Å². The van der Waals surface area contributed by atoms with E-state index in [-0.39, 0.29) is 23.8 Å². The van der Waals surface area contributed by atoms with Crippen molar-refractivity contribution in [3.8, 4) is 0 Å². The highest BCUT2D eigenvalue weighted by atomic mass is 32.2. The highest BCUT2D eigenvalue weighted by Gasteiger charge is 2.39. The van der Waals surface area contributed by atoms with Crippen molar-refractivity contribution in [1.82, 2.24) is 20.9 Å². The molecule has 2 aliphatic rings. The third-order valence-corrected chi connectivity index (χ3v) is 6.86. The maximum atomic E-state index is 13.1. The standard InChI is InChI=1S/C21H36N4O5S/c1-4-13(2)17(19(27)23-15(21(29)30)9-12-31-3)24-18(26)16-8-6-11-25(16)20(28)14-7-5-10-22-14/h13-17,22H,4-12H2,1-3H3,(H,23,27)(H,24,26)(H,29,30). The monoisotopic (exact) mass is 456 g/mol. The van der Waals surface area contributed by atoms with E-state index >= 15 is 0 Å². The van der Waals surface area contributed by atoms with E-state index in [0.29, 0.717) is 31.6 Å². The van der Waals surface area contributed by atoms with E-state index in [4.69, 9.17) is 0 Å². The number of thioether (sulfide) groups is 1. The third-order valence-electron chi connectivity index (χ3n) is 6.22. The summed E-state index contributed by atoms with van der Waals surface area (Å²) in [6, 6.07) is -2.69. The molecule has 0 aromatic heterocycles. The summed E-state index contributed by atoms with van der Waals surface area (Å²) in [6.45, 7) is 5.10. The predicted molar refractivity (Wildman–Crippen MR) is 120 cm³/mol. The van der Waals surface area contributed by atoms with Gasteiger partial charge in [-0.1, -0.05) is 20.3 Å². The molecule has 2 rings (SSSR count). The summed E-state index contributed by atoms with van der Waals surface area (Å²) >= 11 is 1.51. The van der Waals surface area contributed by atoms with Crippen molar-refractivity contribution in [2.45, 2.75) is 76.5 Å². The lowest BCUT2D eigenvalue weighted by molar-refractivity contribution is -0.143. The number of hydrogen-bond donors (Lipinski definition) is 4. The molecule has 0 radical (unpaired) electrons. The molecule has 3 amide bonds. The molecule has 0 aliphatic carbocycles. The Labute approximate surface area is 188 Å². The molecule has 2 aliphatic heterocycles. The number of nitrogens with zero attached hydrogens (tertiary/aromatic N) is 1. The SMILES string of the molecule is CCC(C)C(NC(=O)C1CCCN1C(=O)C1CCCN1)C(=O)NC(CCSC)C(=O)O. The first-order chi connectivity index (χ1) is 14.8. The summed E-state index contributed by atoms with van der Waals surface area (Å²) in [6.07, 6.45) is 5.84. The Morgan fingerprint density at radius 3 is 2.52 bits per heavy atom. The molecule has 2 fully saturated rings. The summed E-state index contributed by atoms with van der Waals surface area (Å²) in [5.74, 6) is -1.56. The van der Waals surface area contributed by atoms with E-state index < -0.39 is 30.0 Å². The van der Waals surface area contributed by atoms with Crippen molar-refractivity contribution in [3.05, 3.63) is 0 Å². The Morgan fingerprint density at radius 2 is 1.94 bits per heavy atom. The number of aliphatic carboxylic acids is 1. The molecule has 0 spiro atoms. The lowest BCUT2D eigenvalue weighted by atomic mass is 9.97. The lowest BCUT2D eigenvalue weighted by Crippen LogP contribution is -2.58. The maximum absolute atomic E-state index is 13.1. The van der Waals surface area contributed by atoms with Crippen molar-refractivity contribution < 1.29 is 24.3 Å². The Hall–Kier alpha value is -1.81. The molecule has 5 unspecified atom stereocenters. The highest BCUT2D eigenvalue weighted by molar-refractivity contribution is 7.98. The molecule has 4 N–H and O–H groups in total. The van der Waals surface area contributed by atoms with Crippen molar-refractivity contribution in [2.24, 2.45) is 5.92 Å². The second-order valence-electron chi connectivity index (χ2n) is 8.39. The minimum absolute atomic E-state index is 0.0531. The van der Waals surface area contributed by atoms with Crippen LogP contribution in [0.4, 0.5) is 0 Å². The molecule has 0 aromatic rings. The normalized spacial score (nSPS) is 23.8. The van der Waals surface area contributed by atoms with E-state index in [0.717, 1.165) is 25.8 Å². The average Bonchev–Trinajstić information content (AvgIpc) is 3.45. The van der Waals surface area contributed by atoms with Crippen LogP contribution in [0.5, 0.6) is 0 Å². The molecule has 31 heavy (non-hydrogen) atoms. The molecule has 5 atom stereocenters. The van der Waals surface area contributed by atoms with Gasteiger partial charge in [-0.05, 0) is 56.6 Å². The molecule has 0 bridgehead atoms. The van der Waals surface area contributed by atoms with Gasteiger partial charge in [0.25, 0.3) is 0 Å². The minimum Gasteiger partial charge on any atom is -0.480 e. The minimum atomic E-state index is -1.09. The predicted octanol–water partition coefficient (Wildman–Crippen LogP) is 0.583. The number of likely N-dealkylation sites (tertiary alicyclic amines) is 1. The quantitative estimate of drug-likeness (QED) is 0.358. The van der Waals surface area contributed by atoms with Gasteiger partial charge in [-0.15, -0.1) is 0 Å².